The van der Waals surface area contributed by atoms with Gasteiger partial charge in [-0.1, -0.05) is 6.07 Å². The lowest BCUT2D eigenvalue weighted by Crippen LogP contribution is -2.34. The summed E-state index contributed by atoms with van der Waals surface area (Å²) < 4.78 is 39.4. The lowest BCUT2D eigenvalue weighted by atomic mass is 10.1. The van der Waals surface area contributed by atoms with Crippen LogP contribution in [0.15, 0.2) is 42.5 Å². The van der Waals surface area contributed by atoms with Crippen molar-refractivity contribution in [3.63, 3.8) is 0 Å². The molecule has 0 aromatic heterocycles. The Hall–Kier alpha value is -3.21. The van der Waals surface area contributed by atoms with Crippen molar-refractivity contribution in [2.24, 2.45) is 0 Å². The maximum atomic E-state index is 13.1. The van der Waals surface area contributed by atoms with Crippen LogP contribution in [0.1, 0.15) is 28.8 Å². The van der Waals surface area contributed by atoms with Crippen molar-refractivity contribution in [1.82, 2.24) is 5.32 Å². The molecule has 1 amide bonds. The molecule has 2 aromatic rings. The number of benzene rings is 2. The van der Waals surface area contributed by atoms with E-state index in [4.69, 9.17) is 12.2 Å². The Morgan fingerprint density at radius 3 is 2.47 bits per heavy atom. The minimum atomic E-state index is -4.53. The Bertz CT molecular complexity index is 991. The molecule has 7 nitrogen and oxygen atoms in total. The molecule has 1 aliphatic rings. The number of carbonyl (C=O) groups is 1. The summed E-state index contributed by atoms with van der Waals surface area (Å²) in [5.74, 6) is -0.717. The molecular formula is C19H17F3N4O3S. The van der Waals surface area contributed by atoms with Crippen LogP contribution in [0.4, 0.5) is 30.2 Å². The van der Waals surface area contributed by atoms with Crippen molar-refractivity contribution in [1.29, 1.82) is 0 Å². The average Bonchev–Trinajstić information content (AvgIpc) is 3.21. The van der Waals surface area contributed by atoms with Crippen LogP contribution < -0.4 is 15.5 Å². The molecule has 0 unspecified atom stereocenters. The number of thiocarbonyl (C=S) groups is 1. The first-order chi connectivity index (χ1) is 14.1. The molecule has 2 aromatic carbocycles. The molecule has 0 aliphatic carbocycles. The topological polar surface area (TPSA) is 87.5 Å². The molecule has 1 aliphatic heterocycles. The highest BCUT2D eigenvalue weighted by molar-refractivity contribution is 7.80. The maximum Gasteiger partial charge on any atom is 0.416 e. The van der Waals surface area contributed by atoms with Crippen LogP contribution in [0.2, 0.25) is 0 Å². The molecule has 158 valence electrons. The number of halogens is 3. The van der Waals surface area contributed by atoms with E-state index >= 15 is 0 Å². The van der Waals surface area contributed by atoms with Gasteiger partial charge in [-0.25, -0.2) is 0 Å². The molecule has 2 N–H and O–H groups in total. The number of rotatable bonds is 4. The number of hydrogen-bond donors (Lipinski definition) is 2. The first-order valence-corrected chi connectivity index (χ1v) is 9.39. The smallest absolute Gasteiger partial charge is 0.370 e. The lowest BCUT2D eigenvalue weighted by molar-refractivity contribution is -0.384. The predicted molar refractivity (Wildman–Crippen MR) is 110 cm³/mol. The molecule has 0 spiro atoms. The lowest BCUT2D eigenvalue weighted by Gasteiger charge is -2.23. The molecule has 30 heavy (non-hydrogen) atoms. The Morgan fingerprint density at radius 2 is 1.83 bits per heavy atom. The molecule has 0 saturated carbocycles. The summed E-state index contributed by atoms with van der Waals surface area (Å²) in [6.07, 6.45) is -2.68. The highest BCUT2D eigenvalue weighted by atomic mass is 32.1. The quantitative estimate of drug-likeness (QED) is 0.420. The van der Waals surface area contributed by atoms with Crippen molar-refractivity contribution >= 4 is 40.3 Å². The van der Waals surface area contributed by atoms with Gasteiger partial charge >= 0.3 is 6.18 Å². The highest BCUT2D eigenvalue weighted by Gasteiger charge is 2.32. The standard InChI is InChI=1S/C19H17F3N4O3S/c20-19(21,22)13-6-7-16(25-8-1-2-9-25)15(11-13)23-18(30)24-17(27)12-4-3-5-14(10-12)26(28)29/h3-7,10-11H,1-2,8-9H2,(H2,23,24,27,30). The third kappa shape index (κ3) is 5.03. The first kappa shape index (κ1) is 21.5. The summed E-state index contributed by atoms with van der Waals surface area (Å²) in [5, 5.41) is 15.6. The molecule has 0 atom stereocenters. The number of nitrogens with one attached hydrogen (secondary N) is 2. The molecule has 3 rings (SSSR count). The van der Waals surface area contributed by atoms with Gasteiger partial charge in [0.05, 0.1) is 21.9 Å². The number of amides is 1. The van der Waals surface area contributed by atoms with Crippen molar-refractivity contribution < 1.29 is 22.9 Å². The molecule has 1 saturated heterocycles. The van der Waals surface area contributed by atoms with Crippen LogP contribution in [-0.2, 0) is 6.18 Å². The maximum absolute atomic E-state index is 13.1. The number of hydrogen-bond acceptors (Lipinski definition) is 5. The van der Waals surface area contributed by atoms with Crippen molar-refractivity contribution in [2.45, 2.75) is 19.0 Å². The van der Waals surface area contributed by atoms with Gasteiger partial charge in [-0.05, 0) is 49.3 Å². The second-order valence-electron chi connectivity index (χ2n) is 6.64. The minimum absolute atomic E-state index is 0.00263. The Kier molecular flexibility index (Phi) is 6.20. The highest BCUT2D eigenvalue weighted by Crippen LogP contribution is 2.36. The van der Waals surface area contributed by atoms with E-state index in [0.29, 0.717) is 18.8 Å². The SMILES string of the molecule is O=C(NC(=S)Nc1cc(C(F)(F)F)ccc1N1CCCC1)c1cccc([N+](=O)[O-])c1. The van der Waals surface area contributed by atoms with E-state index in [-0.39, 0.29) is 22.1 Å². The first-order valence-electron chi connectivity index (χ1n) is 8.98. The van der Waals surface area contributed by atoms with E-state index in [1.807, 2.05) is 4.90 Å². The molecule has 0 bridgehead atoms. The van der Waals surface area contributed by atoms with Gasteiger partial charge in [0, 0.05) is 30.8 Å². The normalized spacial score (nSPS) is 13.8. The average molecular weight is 438 g/mol. The van der Waals surface area contributed by atoms with Gasteiger partial charge in [0.2, 0.25) is 0 Å². The molecule has 0 radical (unpaired) electrons. The zero-order valence-electron chi connectivity index (χ0n) is 15.5. The molecule has 1 fully saturated rings. The van der Waals surface area contributed by atoms with E-state index in [2.05, 4.69) is 10.6 Å². The minimum Gasteiger partial charge on any atom is -0.370 e. The zero-order valence-corrected chi connectivity index (χ0v) is 16.3. The van der Waals surface area contributed by atoms with Gasteiger partial charge in [0.15, 0.2) is 5.11 Å². The van der Waals surface area contributed by atoms with E-state index in [1.165, 1.54) is 24.3 Å². The number of alkyl halides is 3. The summed E-state index contributed by atoms with van der Waals surface area (Å²) in [5.41, 5.74) is -0.447. The third-order valence-corrected chi connectivity index (χ3v) is 4.77. The van der Waals surface area contributed by atoms with Crippen molar-refractivity contribution in [3.8, 4) is 0 Å². The number of nitrogens with zero attached hydrogens (tertiary/aromatic N) is 2. The molecule has 11 heteroatoms. The summed E-state index contributed by atoms with van der Waals surface area (Å²) in [6.45, 7) is 1.40. The van der Waals surface area contributed by atoms with Crippen LogP contribution in [0.5, 0.6) is 0 Å². The Morgan fingerprint density at radius 1 is 1.13 bits per heavy atom. The summed E-state index contributed by atoms with van der Waals surface area (Å²) in [7, 11) is 0. The van der Waals surface area contributed by atoms with Gasteiger partial charge in [-0.2, -0.15) is 13.2 Å². The monoisotopic (exact) mass is 438 g/mol. The van der Waals surface area contributed by atoms with Crippen molar-refractivity contribution in [2.75, 3.05) is 23.3 Å². The van der Waals surface area contributed by atoms with Crippen LogP contribution in [-0.4, -0.2) is 29.0 Å². The second-order valence-corrected chi connectivity index (χ2v) is 7.05. The third-order valence-electron chi connectivity index (χ3n) is 4.57. The number of non-ortho nitro benzene ring substituents is 1. The summed E-state index contributed by atoms with van der Waals surface area (Å²) >= 11 is 5.09. The molecule has 1 heterocycles. The van der Waals surface area contributed by atoms with Crippen molar-refractivity contribution in [3.05, 3.63) is 63.7 Å². The largest absolute Gasteiger partial charge is 0.416 e. The summed E-state index contributed by atoms with van der Waals surface area (Å²) in [4.78, 5) is 24.5. The fraction of sp³-hybridized carbons (Fsp3) is 0.263. The van der Waals surface area contributed by atoms with Gasteiger partial charge in [-0.15, -0.1) is 0 Å². The van der Waals surface area contributed by atoms with Gasteiger partial charge in [0.1, 0.15) is 0 Å². The number of anilines is 2. The summed E-state index contributed by atoms with van der Waals surface area (Å²) in [6, 6.07) is 8.35. The van der Waals surface area contributed by atoms with Crippen LogP contribution in [0, 0.1) is 10.1 Å². The van der Waals surface area contributed by atoms with Gasteiger partial charge < -0.3 is 10.2 Å². The second kappa shape index (κ2) is 8.66. The van der Waals surface area contributed by atoms with Gasteiger partial charge in [0.25, 0.3) is 11.6 Å². The molecular weight excluding hydrogens is 421 g/mol. The van der Waals surface area contributed by atoms with E-state index in [9.17, 15) is 28.1 Å². The zero-order chi connectivity index (χ0) is 21.9. The van der Waals surface area contributed by atoms with Gasteiger partial charge in [-0.3, -0.25) is 20.2 Å². The number of carbonyl (C=O) groups excluding carboxylic acids is 1. The fourth-order valence-electron chi connectivity index (χ4n) is 3.14. The predicted octanol–water partition coefficient (Wildman–Crippen LogP) is 4.34. The van der Waals surface area contributed by atoms with Crippen LogP contribution in [0.25, 0.3) is 0 Å². The van der Waals surface area contributed by atoms with Crippen LogP contribution >= 0.6 is 12.2 Å². The van der Waals surface area contributed by atoms with E-state index in [0.717, 1.165) is 31.0 Å². The fourth-order valence-corrected chi connectivity index (χ4v) is 3.34. The van der Waals surface area contributed by atoms with E-state index in [1.54, 1.807) is 0 Å². The van der Waals surface area contributed by atoms with E-state index < -0.39 is 22.6 Å². The van der Waals surface area contributed by atoms with Crippen LogP contribution in [0.3, 0.4) is 0 Å². The number of nitro benzene ring substituents is 1. The Labute approximate surface area is 175 Å². The Balaban J connectivity index is 1.80. The number of nitro groups is 1.